The molecular weight excluding hydrogens is 348 g/mol. The molecule has 0 rings (SSSR count). The maximum Gasteiger partial charge on any atom is 0.234 e. The van der Waals surface area contributed by atoms with E-state index in [1.165, 1.54) is 4.90 Å². The highest BCUT2D eigenvalue weighted by molar-refractivity contribution is 5.81. The Bertz CT molecular complexity index is 455. The van der Waals surface area contributed by atoms with Gasteiger partial charge in [-0.1, -0.05) is 33.1 Å². The van der Waals surface area contributed by atoms with Gasteiger partial charge < -0.3 is 21.2 Å². The first-order valence-electron chi connectivity index (χ1n) is 9.82. The minimum absolute atomic E-state index is 0.000789. The molecule has 3 amide bonds. The number of aldehydes is 1. The zero-order valence-electron chi connectivity index (χ0n) is 16.8. The smallest absolute Gasteiger partial charge is 0.234 e. The predicted molar refractivity (Wildman–Crippen MR) is 105 cm³/mol. The van der Waals surface area contributed by atoms with E-state index in [4.69, 9.17) is 5.73 Å². The van der Waals surface area contributed by atoms with Crippen molar-refractivity contribution in [3.63, 3.8) is 0 Å². The standard InChI is InChI=1S/C19H36N4O4/c1-16(2)8-5-7-11-22-19(27)15-23(12-13-24)14-18(26)21-10-6-3-4-9-17(20)25/h13,16H,3-12,14-15H2,1-2H3,(H2,20,25)(H,21,26)(H,22,27). The summed E-state index contributed by atoms with van der Waals surface area (Å²) >= 11 is 0. The van der Waals surface area contributed by atoms with Crippen molar-refractivity contribution in [3.8, 4) is 0 Å². The van der Waals surface area contributed by atoms with E-state index >= 15 is 0 Å². The number of carbonyl (C=O) groups excluding carboxylic acids is 4. The van der Waals surface area contributed by atoms with Crippen LogP contribution in [-0.2, 0) is 19.2 Å². The molecule has 0 bridgehead atoms. The molecule has 0 spiro atoms. The highest BCUT2D eigenvalue weighted by atomic mass is 16.2. The minimum Gasteiger partial charge on any atom is -0.370 e. The van der Waals surface area contributed by atoms with Crippen molar-refractivity contribution in [1.82, 2.24) is 15.5 Å². The van der Waals surface area contributed by atoms with Crippen LogP contribution in [-0.4, -0.2) is 61.6 Å². The van der Waals surface area contributed by atoms with E-state index < -0.39 is 0 Å². The lowest BCUT2D eigenvalue weighted by atomic mass is 10.1. The summed E-state index contributed by atoms with van der Waals surface area (Å²) in [5.41, 5.74) is 5.06. The molecule has 0 aliphatic heterocycles. The molecule has 0 aliphatic carbocycles. The maximum absolute atomic E-state index is 12.0. The van der Waals surface area contributed by atoms with Crippen LogP contribution in [0.3, 0.4) is 0 Å². The first-order valence-corrected chi connectivity index (χ1v) is 9.82. The summed E-state index contributed by atoms with van der Waals surface area (Å²) < 4.78 is 0. The van der Waals surface area contributed by atoms with Gasteiger partial charge in [0.1, 0.15) is 6.29 Å². The Hall–Kier alpha value is -1.96. The third-order valence-corrected chi connectivity index (χ3v) is 4.02. The maximum atomic E-state index is 12.0. The van der Waals surface area contributed by atoms with Crippen molar-refractivity contribution < 1.29 is 19.2 Å². The van der Waals surface area contributed by atoms with Crippen LogP contribution in [0.4, 0.5) is 0 Å². The van der Waals surface area contributed by atoms with E-state index in [0.717, 1.165) is 32.1 Å². The summed E-state index contributed by atoms with van der Waals surface area (Å²) in [5.74, 6) is -0.0654. The molecular formula is C19H36N4O4. The van der Waals surface area contributed by atoms with E-state index in [9.17, 15) is 19.2 Å². The average molecular weight is 385 g/mol. The van der Waals surface area contributed by atoms with E-state index in [1.54, 1.807) is 0 Å². The van der Waals surface area contributed by atoms with Gasteiger partial charge >= 0.3 is 0 Å². The van der Waals surface area contributed by atoms with Gasteiger partial charge in [-0.15, -0.1) is 0 Å². The zero-order valence-corrected chi connectivity index (χ0v) is 16.8. The van der Waals surface area contributed by atoms with E-state index in [0.29, 0.717) is 38.1 Å². The highest BCUT2D eigenvalue weighted by Crippen LogP contribution is 2.05. The summed E-state index contributed by atoms with van der Waals surface area (Å²) in [6.45, 7) is 5.50. The second-order valence-electron chi connectivity index (χ2n) is 7.20. The van der Waals surface area contributed by atoms with Crippen molar-refractivity contribution in [2.24, 2.45) is 11.7 Å². The summed E-state index contributed by atoms with van der Waals surface area (Å²) in [6.07, 6.45) is 6.44. The number of unbranched alkanes of at least 4 members (excludes halogenated alkanes) is 3. The quantitative estimate of drug-likeness (QED) is 0.250. The number of hydrogen-bond acceptors (Lipinski definition) is 5. The van der Waals surface area contributed by atoms with E-state index in [2.05, 4.69) is 24.5 Å². The summed E-state index contributed by atoms with van der Waals surface area (Å²) in [7, 11) is 0. The molecule has 0 saturated heterocycles. The molecule has 0 saturated carbocycles. The fourth-order valence-electron chi connectivity index (χ4n) is 2.54. The van der Waals surface area contributed by atoms with E-state index in [1.807, 2.05) is 0 Å². The number of amides is 3. The molecule has 0 unspecified atom stereocenters. The SMILES string of the molecule is CC(C)CCCCNC(=O)CN(CC=O)CC(=O)NCCCCCC(N)=O. The molecule has 27 heavy (non-hydrogen) atoms. The van der Waals surface area contributed by atoms with Gasteiger partial charge in [-0.3, -0.25) is 19.3 Å². The Labute approximate surface area is 162 Å². The van der Waals surface area contributed by atoms with Gasteiger partial charge in [0, 0.05) is 19.5 Å². The largest absolute Gasteiger partial charge is 0.370 e. The lowest BCUT2D eigenvalue weighted by Gasteiger charge is -2.18. The second-order valence-corrected chi connectivity index (χ2v) is 7.20. The Morgan fingerprint density at radius 2 is 1.48 bits per heavy atom. The van der Waals surface area contributed by atoms with Crippen LogP contribution in [0.25, 0.3) is 0 Å². The molecule has 0 heterocycles. The third-order valence-electron chi connectivity index (χ3n) is 4.02. The number of nitrogens with two attached hydrogens (primary N) is 1. The molecule has 156 valence electrons. The molecule has 4 N–H and O–H groups in total. The van der Waals surface area contributed by atoms with Gasteiger partial charge in [-0.2, -0.15) is 0 Å². The van der Waals surface area contributed by atoms with Crippen molar-refractivity contribution in [1.29, 1.82) is 0 Å². The van der Waals surface area contributed by atoms with Crippen molar-refractivity contribution >= 4 is 24.0 Å². The van der Waals surface area contributed by atoms with Gasteiger partial charge in [0.2, 0.25) is 17.7 Å². The normalized spacial score (nSPS) is 10.8. The molecule has 8 heteroatoms. The summed E-state index contributed by atoms with van der Waals surface area (Å²) in [5, 5.41) is 5.59. The van der Waals surface area contributed by atoms with Crippen molar-refractivity contribution in [3.05, 3.63) is 0 Å². The topological polar surface area (TPSA) is 122 Å². The lowest BCUT2D eigenvalue weighted by molar-refractivity contribution is -0.125. The molecule has 0 radical (unpaired) electrons. The van der Waals surface area contributed by atoms with Crippen LogP contribution < -0.4 is 16.4 Å². The highest BCUT2D eigenvalue weighted by Gasteiger charge is 2.14. The van der Waals surface area contributed by atoms with Crippen LogP contribution in [0.15, 0.2) is 0 Å². The van der Waals surface area contributed by atoms with E-state index in [-0.39, 0.29) is 37.4 Å². The molecule has 0 aromatic heterocycles. The first kappa shape index (κ1) is 25.0. The summed E-state index contributed by atoms with van der Waals surface area (Å²) in [4.78, 5) is 46.8. The molecule has 0 fully saturated rings. The first-order chi connectivity index (χ1) is 12.8. The van der Waals surface area contributed by atoms with Crippen LogP contribution in [0.5, 0.6) is 0 Å². The second kappa shape index (κ2) is 16.2. The summed E-state index contributed by atoms with van der Waals surface area (Å²) in [6, 6.07) is 0. The number of carbonyl (C=O) groups is 4. The van der Waals surface area contributed by atoms with Gasteiger partial charge in [0.05, 0.1) is 19.6 Å². The minimum atomic E-state index is -0.318. The third kappa shape index (κ3) is 17.2. The molecule has 0 atom stereocenters. The number of nitrogens with zero attached hydrogens (tertiary/aromatic N) is 1. The van der Waals surface area contributed by atoms with Crippen molar-refractivity contribution in [2.45, 2.75) is 58.8 Å². The number of hydrogen-bond donors (Lipinski definition) is 3. The fraction of sp³-hybridized carbons (Fsp3) is 0.789. The van der Waals surface area contributed by atoms with Gasteiger partial charge in [-0.25, -0.2) is 0 Å². The van der Waals surface area contributed by atoms with Gasteiger partial charge in [0.25, 0.3) is 0 Å². The van der Waals surface area contributed by atoms with Crippen LogP contribution in [0.2, 0.25) is 0 Å². The fourth-order valence-corrected chi connectivity index (χ4v) is 2.54. The lowest BCUT2D eigenvalue weighted by Crippen LogP contribution is -2.44. The Morgan fingerprint density at radius 1 is 0.926 bits per heavy atom. The Kier molecular flexibility index (Phi) is 15.1. The average Bonchev–Trinajstić information content (AvgIpc) is 2.57. The van der Waals surface area contributed by atoms with Gasteiger partial charge in [0.15, 0.2) is 0 Å². The van der Waals surface area contributed by atoms with Crippen LogP contribution in [0, 0.1) is 5.92 Å². The Morgan fingerprint density at radius 3 is 1.96 bits per heavy atom. The van der Waals surface area contributed by atoms with Crippen LogP contribution >= 0.6 is 0 Å². The van der Waals surface area contributed by atoms with Crippen molar-refractivity contribution in [2.75, 3.05) is 32.7 Å². The monoisotopic (exact) mass is 384 g/mol. The van der Waals surface area contributed by atoms with Crippen LogP contribution in [0.1, 0.15) is 58.8 Å². The zero-order chi connectivity index (χ0) is 20.5. The number of rotatable bonds is 17. The number of primary amides is 1. The molecule has 0 aliphatic rings. The Balaban J connectivity index is 3.95. The predicted octanol–water partition coefficient (Wildman–Crippen LogP) is 0.592. The van der Waals surface area contributed by atoms with Gasteiger partial charge in [-0.05, 0) is 25.2 Å². The molecule has 0 aromatic rings. The molecule has 0 aromatic carbocycles. The number of nitrogens with one attached hydrogen (secondary N) is 2. The molecule has 8 nitrogen and oxygen atoms in total.